The molecule has 2 aromatic rings. The van der Waals surface area contributed by atoms with Gasteiger partial charge in [-0.2, -0.15) is 4.98 Å². The van der Waals surface area contributed by atoms with E-state index in [1.54, 1.807) is 0 Å². The Morgan fingerprint density at radius 1 is 1.37 bits per heavy atom. The Hall–Kier alpha value is -1.27. The molecule has 19 heavy (non-hydrogen) atoms. The Bertz CT molecular complexity index is 577. The monoisotopic (exact) mass is 278 g/mol. The number of nitrogens with zero attached hydrogens (tertiary/aromatic N) is 3. The number of hydrogen-bond donors (Lipinski definition) is 1. The van der Waals surface area contributed by atoms with Crippen molar-refractivity contribution in [3.05, 3.63) is 16.5 Å². The first kappa shape index (κ1) is 12.7. The summed E-state index contributed by atoms with van der Waals surface area (Å²) in [5.74, 6) is 2.65. The van der Waals surface area contributed by atoms with E-state index in [0.717, 1.165) is 40.2 Å². The molecule has 1 saturated carbocycles. The van der Waals surface area contributed by atoms with Crippen molar-refractivity contribution in [3.8, 4) is 10.8 Å². The van der Waals surface area contributed by atoms with Gasteiger partial charge in [-0.15, -0.1) is 11.3 Å². The summed E-state index contributed by atoms with van der Waals surface area (Å²) in [7, 11) is 0. The van der Waals surface area contributed by atoms with Gasteiger partial charge in [-0.25, -0.2) is 4.98 Å². The van der Waals surface area contributed by atoms with Crippen molar-refractivity contribution in [3.63, 3.8) is 0 Å². The molecule has 5 nitrogen and oxygen atoms in total. The molecule has 2 N–H and O–H groups in total. The average molecular weight is 278 g/mol. The molecule has 0 radical (unpaired) electrons. The molecule has 2 heterocycles. The van der Waals surface area contributed by atoms with E-state index in [-0.39, 0.29) is 0 Å². The highest BCUT2D eigenvalue weighted by Gasteiger charge is 2.27. The summed E-state index contributed by atoms with van der Waals surface area (Å²) in [6.07, 6.45) is 3.58. The lowest BCUT2D eigenvalue weighted by molar-refractivity contribution is 0.415. The summed E-state index contributed by atoms with van der Waals surface area (Å²) >= 11 is 1.54. The van der Waals surface area contributed by atoms with Crippen molar-refractivity contribution in [1.82, 2.24) is 15.1 Å². The number of rotatable bonds is 3. The molecule has 0 spiro atoms. The van der Waals surface area contributed by atoms with Crippen LogP contribution in [0.4, 0.5) is 0 Å². The Balaban J connectivity index is 1.86. The molecule has 6 heteroatoms. The predicted molar refractivity (Wildman–Crippen MR) is 73.8 cm³/mol. The van der Waals surface area contributed by atoms with Crippen LogP contribution < -0.4 is 5.73 Å². The first-order chi connectivity index (χ1) is 9.17. The first-order valence-electron chi connectivity index (χ1n) is 6.67. The molecular weight excluding hydrogens is 260 g/mol. The SMILES string of the molecule is Cc1nc(CN)sc1-c1nc(C2CCC(C)C2)no1. The zero-order valence-corrected chi connectivity index (χ0v) is 12.0. The van der Waals surface area contributed by atoms with E-state index in [9.17, 15) is 0 Å². The molecule has 1 fully saturated rings. The highest BCUT2D eigenvalue weighted by molar-refractivity contribution is 7.15. The largest absolute Gasteiger partial charge is 0.333 e. The van der Waals surface area contributed by atoms with Crippen LogP contribution in [0.15, 0.2) is 4.52 Å². The third-order valence-corrected chi connectivity index (χ3v) is 4.88. The average Bonchev–Trinajstić information content (AvgIpc) is 3.07. The van der Waals surface area contributed by atoms with E-state index < -0.39 is 0 Å². The van der Waals surface area contributed by atoms with E-state index in [4.69, 9.17) is 10.3 Å². The summed E-state index contributed by atoms with van der Waals surface area (Å²) in [4.78, 5) is 9.90. The first-order valence-corrected chi connectivity index (χ1v) is 7.49. The fourth-order valence-corrected chi connectivity index (χ4v) is 3.54. The van der Waals surface area contributed by atoms with Crippen molar-refractivity contribution in [2.45, 2.75) is 45.6 Å². The topological polar surface area (TPSA) is 77.8 Å². The molecule has 1 aliphatic rings. The Morgan fingerprint density at radius 3 is 2.84 bits per heavy atom. The third-order valence-electron chi connectivity index (χ3n) is 3.71. The van der Waals surface area contributed by atoms with Crippen LogP contribution in [0.1, 0.15) is 48.6 Å². The van der Waals surface area contributed by atoms with Gasteiger partial charge in [0.05, 0.1) is 5.69 Å². The molecule has 0 aromatic carbocycles. The Morgan fingerprint density at radius 2 is 2.21 bits per heavy atom. The molecule has 0 aliphatic heterocycles. The lowest BCUT2D eigenvalue weighted by Gasteiger charge is -2.01. The smallest absolute Gasteiger partial charge is 0.269 e. The second-order valence-corrected chi connectivity index (χ2v) is 6.38. The van der Waals surface area contributed by atoms with Gasteiger partial charge >= 0.3 is 0 Å². The minimum Gasteiger partial charge on any atom is -0.333 e. The second kappa shape index (κ2) is 5.02. The molecule has 0 bridgehead atoms. The second-order valence-electron chi connectivity index (χ2n) is 5.30. The molecule has 2 atom stereocenters. The molecule has 2 aromatic heterocycles. The van der Waals surface area contributed by atoms with Gasteiger partial charge in [0.25, 0.3) is 5.89 Å². The summed E-state index contributed by atoms with van der Waals surface area (Å²) in [5, 5.41) is 5.05. The Kier molecular flexibility index (Phi) is 3.36. The van der Waals surface area contributed by atoms with Crippen LogP contribution >= 0.6 is 11.3 Å². The van der Waals surface area contributed by atoms with Crippen LogP contribution in [0, 0.1) is 12.8 Å². The van der Waals surface area contributed by atoms with Crippen LogP contribution in [0.2, 0.25) is 0 Å². The molecule has 0 saturated heterocycles. The van der Waals surface area contributed by atoms with Crippen molar-refractivity contribution >= 4 is 11.3 Å². The number of aromatic nitrogens is 3. The lowest BCUT2D eigenvalue weighted by Crippen LogP contribution is -1.96. The van der Waals surface area contributed by atoms with E-state index >= 15 is 0 Å². The van der Waals surface area contributed by atoms with Crippen molar-refractivity contribution < 1.29 is 4.52 Å². The van der Waals surface area contributed by atoms with E-state index in [1.165, 1.54) is 17.8 Å². The number of nitrogens with two attached hydrogens (primary N) is 1. The highest BCUT2D eigenvalue weighted by Crippen LogP contribution is 2.38. The maximum Gasteiger partial charge on any atom is 0.269 e. The number of hydrogen-bond acceptors (Lipinski definition) is 6. The molecule has 3 rings (SSSR count). The maximum absolute atomic E-state index is 5.61. The van der Waals surface area contributed by atoms with Gasteiger partial charge in [0.2, 0.25) is 0 Å². The molecule has 2 unspecified atom stereocenters. The fourth-order valence-electron chi connectivity index (χ4n) is 2.67. The minimum absolute atomic E-state index is 0.451. The predicted octanol–water partition coefficient (Wildman–Crippen LogP) is 2.86. The molecule has 0 amide bonds. The Labute approximate surface area is 116 Å². The molecule has 102 valence electrons. The number of aryl methyl sites for hydroxylation is 1. The van der Waals surface area contributed by atoms with E-state index in [2.05, 4.69) is 22.0 Å². The maximum atomic E-state index is 5.61. The van der Waals surface area contributed by atoms with Gasteiger partial charge in [0.1, 0.15) is 9.88 Å². The quantitative estimate of drug-likeness (QED) is 0.934. The lowest BCUT2D eigenvalue weighted by atomic mass is 10.1. The van der Waals surface area contributed by atoms with E-state index in [0.29, 0.717) is 18.4 Å². The minimum atomic E-state index is 0.451. The molecular formula is C13H18N4OS. The zero-order valence-electron chi connectivity index (χ0n) is 11.2. The summed E-state index contributed by atoms with van der Waals surface area (Å²) in [6.45, 7) is 4.68. The number of thiazole rings is 1. The summed E-state index contributed by atoms with van der Waals surface area (Å²) in [5.41, 5.74) is 6.53. The van der Waals surface area contributed by atoms with Gasteiger partial charge < -0.3 is 10.3 Å². The fraction of sp³-hybridized carbons (Fsp3) is 0.615. The van der Waals surface area contributed by atoms with Crippen LogP contribution in [0.3, 0.4) is 0 Å². The highest BCUT2D eigenvalue weighted by atomic mass is 32.1. The normalized spacial score (nSPS) is 23.1. The standard InChI is InChI=1S/C13H18N4OS/c1-7-3-4-9(5-7)12-16-13(18-17-12)11-8(2)15-10(6-14)19-11/h7,9H,3-6,14H2,1-2H3. The summed E-state index contributed by atoms with van der Waals surface area (Å²) in [6, 6.07) is 0. The van der Waals surface area contributed by atoms with Crippen molar-refractivity contribution in [2.24, 2.45) is 11.7 Å². The van der Waals surface area contributed by atoms with Gasteiger partial charge in [0.15, 0.2) is 5.82 Å². The van der Waals surface area contributed by atoms with Crippen LogP contribution in [-0.2, 0) is 6.54 Å². The van der Waals surface area contributed by atoms with Crippen LogP contribution in [-0.4, -0.2) is 15.1 Å². The zero-order chi connectivity index (χ0) is 13.4. The third kappa shape index (κ3) is 2.42. The van der Waals surface area contributed by atoms with Crippen molar-refractivity contribution in [2.75, 3.05) is 0 Å². The van der Waals surface area contributed by atoms with Gasteiger partial charge in [0, 0.05) is 12.5 Å². The van der Waals surface area contributed by atoms with E-state index in [1.807, 2.05) is 6.92 Å². The molecule has 1 aliphatic carbocycles. The van der Waals surface area contributed by atoms with Gasteiger partial charge in [-0.05, 0) is 32.1 Å². The van der Waals surface area contributed by atoms with Gasteiger partial charge in [-0.3, -0.25) is 0 Å². The van der Waals surface area contributed by atoms with Crippen LogP contribution in [0.25, 0.3) is 10.8 Å². The van der Waals surface area contributed by atoms with Crippen molar-refractivity contribution in [1.29, 1.82) is 0 Å². The van der Waals surface area contributed by atoms with Crippen LogP contribution in [0.5, 0.6) is 0 Å². The summed E-state index contributed by atoms with van der Waals surface area (Å²) < 4.78 is 5.41. The van der Waals surface area contributed by atoms with Gasteiger partial charge in [-0.1, -0.05) is 12.1 Å².